The maximum Gasteiger partial charge on any atom is 0.107 e. The monoisotopic (exact) mass is 252 g/mol. The second-order valence-electron chi connectivity index (χ2n) is 4.25. The molecule has 0 amide bonds. The summed E-state index contributed by atoms with van der Waals surface area (Å²) in [5.41, 5.74) is 3.75. The van der Waals surface area contributed by atoms with Crippen LogP contribution in [0.5, 0.6) is 0 Å². The Morgan fingerprint density at radius 3 is 2.83 bits per heavy atom. The fourth-order valence-corrected chi connectivity index (χ4v) is 3.42. The van der Waals surface area contributed by atoms with Crippen molar-refractivity contribution in [2.45, 2.75) is 16.8 Å². The first kappa shape index (κ1) is 11.4. The Kier molecular flexibility index (Phi) is 2.87. The number of hydrogen-bond donors (Lipinski definition) is 1. The van der Waals surface area contributed by atoms with Gasteiger partial charge in [0.25, 0.3) is 0 Å². The van der Waals surface area contributed by atoms with Gasteiger partial charge in [0.1, 0.15) is 6.10 Å². The van der Waals surface area contributed by atoms with Gasteiger partial charge in [-0.15, -0.1) is 18.2 Å². The number of aliphatic hydroxyl groups excluding tert-OH is 1. The van der Waals surface area contributed by atoms with Crippen molar-refractivity contribution in [2.24, 2.45) is 0 Å². The van der Waals surface area contributed by atoms with E-state index in [0.717, 1.165) is 32.9 Å². The lowest BCUT2D eigenvalue weighted by molar-refractivity contribution is 0.217. The Bertz CT molecular complexity index is 640. The van der Waals surface area contributed by atoms with E-state index in [1.165, 1.54) is 0 Å². The molecule has 1 aliphatic rings. The molecular formula is C16H12OS. The Hall–Kier alpha value is -1.69. The molecule has 0 aliphatic carbocycles. The summed E-state index contributed by atoms with van der Waals surface area (Å²) in [7, 11) is 0. The summed E-state index contributed by atoms with van der Waals surface area (Å²) in [5.74, 6) is 3.52. The molecular weight excluding hydrogens is 240 g/mol. The summed E-state index contributed by atoms with van der Waals surface area (Å²) in [5, 5.41) is 10.6. The summed E-state index contributed by atoms with van der Waals surface area (Å²) in [6, 6.07) is 13.8. The minimum atomic E-state index is -0.626. The van der Waals surface area contributed by atoms with Gasteiger partial charge in [0.05, 0.1) is 0 Å². The predicted molar refractivity (Wildman–Crippen MR) is 74.4 cm³/mol. The highest BCUT2D eigenvalue weighted by molar-refractivity contribution is 7.98. The van der Waals surface area contributed by atoms with Gasteiger partial charge in [0.15, 0.2) is 0 Å². The molecule has 0 aromatic heterocycles. The molecule has 1 unspecified atom stereocenters. The smallest absolute Gasteiger partial charge is 0.107 e. The molecule has 3 rings (SSSR count). The Morgan fingerprint density at radius 1 is 1.17 bits per heavy atom. The lowest BCUT2D eigenvalue weighted by Crippen LogP contribution is -2.04. The molecule has 1 atom stereocenters. The largest absolute Gasteiger partial charge is 0.384 e. The van der Waals surface area contributed by atoms with Gasteiger partial charge < -0.3 is 5.11 Å². The van der Waals surface area contributed by atoms with Gasteiger partial charge in [0.2, 0.25) is 0 Å². The number of terminal acetylenes is 1. The van der Waals surface area contributed by atoms with E-state index in [1.807, 2.05) is 42.5 Å². The van der Waals surface area contributed by atoms with Gasteiger partial charge in [-0.25, -0.2) is 0 Å². The number of hydrogen-bond acceptors (Lipinski definition) is 2. The molecule has 1 nitrogen and oxygen atoms in total. The van der Waals surface area contributed by atoms with Crippen LogP contribution in [0.15, 0.2) is 47.4 Å². The average molecular weight is 252 g/mol. The van der Waals surface area contributed by atoms with Crippen LogP contribution < -0.4 is 0 Å². The number of aliphatic hydroxyl groups is 1. The molecule has 0 bridgehead atoms. The van der Waals surface area contributed by atoms with Gasteiger partial charge >= 0.3 is 0 Å². The first-order valence-corrected chi connectivity index (χ1v) is 6.78. The van der Waals surface area contributed by atoms with Crippen LogP contribution in [0.4, 0.5) is 0 Å². The summed E-state index contributed by atoms with van der Waals surface area (Å²) in [6.45, 7) is 0. The van der Waals surface area contributed by atoms with Crippen LogP contribution in [0.2, 0.25) is 0 Å². The van der Waals surface area contributed by atoms with E-state index in [0.29, 0.717) is 0 Å². The number of rotatable bonds is 0. The van der Waals surface area contributed by atoms with E-state index >= 15 is 0 Å². The first-order chi connectivity index (χ1) is 8.81. The molecule has 88 valence electrons. The molecule has 0 spiro atoms. The van der Waals surface area contributed by atoms with Crippen molar-refractivity contribution in [3.63, 3.8) is 0 Å². The summed E-state index contributed by atoms with van der Waals surface area (Å²) >= 11 is 1.75. The second-order valence-corrected chi connectivity index (χ2v) is 5.27. The molecule has 0 saturated heterocycles. The quantitative estimate of drug-likeness (QED) is 0.726. The lowest BCUT2D eigenvalue weighted by Gasteiger charge is -2.15. The topological polar surface area (TPSA) is 20.2 Å². The van der Waals surface area contributed by atoms with Crippen LogP contribution in [0, 0.1) is 12.3 Å². The lowest BCUT2D eigenvalue weighted by atomic mass is 9.93. The highest BCUT2D eigenvalue weighted by atomic mass is 32.2. The zero-order valence-corrected chi connectivity index (χ0v) is 10.6. The molecule has 2 heteroatoms. The van der Waals surface area contributed by atoms with Crippen LogP contribution >= 0.6 is 11.8 Å². The van der Waals surface area contributed by atoms with Crippen molar-refractivity contribution in [1.29, 1.82) is 0 Å². The molecule has 2 aromatic carbocycles. The van der Waals surface area contributed by atoms with E-state index in [9.17, 15) is 5.11 Å². The number of benzene rings is 2. The normalized spacial score (nSPS) is 17.2. The SMILES string of the molecule is C#Cc1cccc2c1C(O)c1ccccc1SC2. The first-order valence-electron chi connectivity index (χ1n) is 5.79. The second kappa shape index (κ2) is 4.53. The third kappa shape index (κ3) is 1.73. The Morgan fingerprint density at radius 2 is 2.00 bits per heavy atom. The van der Waals surface area contributed by atoms with E-state index < -0.39 is 6.10 Å². The number of fused-ring (bicyclic) bond motifs is 2. The highest BCUT2D eigenvalue weighted by Gasteiger charge is 2.23. The highest BCUT2D eigenvalue weighted by Crippen LogP contribution is 2.40. The summed E-state index contributed by atoms with van der Waals surface area (Å²) in [4.78, 5) is 1.13. The maximum atomic E-state index is 10.6. The Balaban J connectivity index is 2.24. The Labute approximate surface area is 111 Å². The molecule has 0 fully saturated rings. The van der Waals surface area contributed by atoms with Crippen LogP contribution in [0.25, 0.3) is 0 Å². The zero-order valence-electron chi connectivity index (χ0n) is 9.76. The molecule has 0 radical (unpaired) electrons. The fraction of sp³-hybridized carbons (Fsp3) is 0.125. The van der Waals surface area contributed by atoms with Crippen LogP contribution in [0.3, 0.4) is 0 Å². The van der Waals surface area contributed by atoms with Gasteiger partial charge in [-0.05, 0) is 23.3 Å². The van der Waals surface area contributed by atoms with Crippen molar-refractivity contribution in [3.8, 4) is 12.3 Å². The minimum Gasteiger partial charge on any atom is -0.384 e. The van der Waals surface area contributed by atoms with Crippen molar-refractivity contribution in [2.75, 3.05) is 0 Å². The third-order valence-electron chi connectivity index (χ3n) is 3.22. The van der Waals surface area contributed by atoms with Crippen LogP contribution in [-0.2, 0) is 5.75 Å². The summed E-state index contributed by atoms with van der Waals surface area (Å²) < 4.78 is 0. The van der Waals surface area contributed by atoms with E-state index in [-0.39, 0.29) is 0 Å². The number of thioether (sulfide) groups is 1. The standard InChI is InChI=1S/C16H12OS/c1-2-11-6-5-7-12-10-18-14-9-4-3-8-13(14)16(17)15(11)12/h1,3-9,16-17H,10H2. The van der Waals surface area contributed by atoms with Gasteiger partial charge in [0, 0.05) is 21.8 Å². The predicted octanol–water partition coefficient (Wildman–Crippen LogP) is 3.36. The zero-order chi connectivity index (χ0) is 12.5. The van der Waals surface area contributed by atoms with E-state index in [4.69, 9.17) is 6.42 Å². The minimum absolute atomic E-state index is 0.626. The average Bonchev–Trinajstić information content (AvgIpc) is 2.57. The van der Waals surface area contributed by atoms with E-state index in [1.54, 1.807) is 11.8 Å². The molecule has 1 heterocycles. The van der Waals surface area contributed by atoms with Crippen molar-refractivity contribution < 1.29 is 5.11 Å². The van der Waals surface area contributed by atoms with Crippen LogP contribution in [0.1, 0.15) is 28.4 Å². The molecule has 1 N–H and O–H groups in total. The van der Waals surface area contributed by atoms with Gasteiger partial charge in [-0.2, -0.15) is 0 Å². The van der Waals surface area contributed by atoms with E-state index in [2.05, 4.69) is 5.92 Å². The fourth-order valence-electron chi connectivity index (χ4n) is 2.34. The molecule has 2 aromatic rings. The van der Waals surface area contributed by atoms with Crippen molar-refractivity contribution in [1.82, 2.24) is 0 Å². The molecule has 1 aliphatic heterocycles. The summed E-state index contributed by atoms with van der Waals surface area (Å²) in [6.07, 6.45) is 4.91. The van der Waals surface area contributed by atoms with Crippen molar-refractivity contribution in [3.05, 3.63) is 64.7 Å². The van der Waals surface area contributed by atoms with Gasteiger partial charge in [-0.1, -0.05) is 36.3 Å². The molecule has 18 heavy (non-hydrogen) atoms. The van der Waals surface area contributed by atoms with Crippen LogP contribution in [-0.4, -0.2) is 5.11 Å². The van der Waals surface area contributed by atoms with Crippen molar-refractivity contribution >= 4 is 11.8 Å². The maximum absolute atomic E-state index is 10.6. The molecule has 0 saturated carbocycles. The van der Waals surface area contributed by atoms with Gasteiger partial charge in [-0.3, -0.25) is 0 Å². The third-order valence-corrected chi connectivity index (χ3v) is 4.36.